The summed E-state index contributed by atoms with van der Waals surface area (Å²) in [6, 6.07) is 0.189. The normalized spacial score (nSPS) is 24.4. The van der Waals surface area contributed by atoms with E-state index in [4.69, 9.17) is 0 Å². The van der Waals surface area contributed by atoms with Crippen LogP contribution in [0.1, 0.15) is 59.8 Å². The number of rotatable bonds is 4. The summed E-state index contributed by atoms with van der Waals surface area (Å²) in [6.07, 6.45) is 11.2. The molecule has 0 bridgehead atoms. The van der Waals surface area contributed by atoms with E-state index in [0.717, 1.165) is 57.7 Å². The summed E-state index contributed by atoms with van der Waals surface area (Å²) in [5, 5.41) is 7.29. The Morgan fingerprint density at radius 1 is 1.17 bits per heavy atom. The number of carbonyl (C=O) groups is 1. The van der Waals surface area contributed by atoms with Crippen LogP contribution in [0.4, 0.5) is 0 Å². The van der Waals surface area contributed by atoms with Gasteiger partial charge in [-0.25, -0.2) is 0 Å². The number of fused-ring (bicyclic) bond motifs is 3. The summed E-state index contributed by atoms with van der Waals surface area (Å²) in [5.41, 5.74) is 0.995. The van der Waals surface area contributed by atoms with E-state index in [9.17, 15) is 9.59 Å². The van der Waals surface area contributed by atoms with Crippen molar-refractivity contribution in [2.24, 2.45) is 13.0 Å². The molecule has 29 heavy (non-hydrogen) atoms. The van der Waals surface area contributed by atoms with E-state index in [2.05, 4.69) is 20.3 Å². The first-order valence-electron chi connectivity index (χ1n) is 10.7. The molecule has 2 atom stereocenters. The molecule has 0 spiro atoms. The lowest BCUT2D eigenvalue weighted by molar-refractivity contribution is 0.0925. The van der Waals surface area contributed by atoms with Gasteiger partial charge in [-0.05, 0) is 12.8 Å². The van der Waals surface area contributed by atoms with Crippen LogP contribution >= 0.6 is 0 Å². The average molecular weight is 396 g/mol. The Balaban J connectivity index is 1.29. The zero-order chi connectivity index (χ0) is 20.0. The molecule has 8 heteroatoms. The third kappa shape index (κ3) is 3.61. The molecule has 154 valence electrons. The second kappa shape index (κ2) is 7.40. The third-order valence-corrected chi connectivity index (χ3v) is 6.65. The molecule has 1 amide bonds. The van der Waals surface area contributed by atoms with Crippen LogP contribution in [0.15, 0.2) is 23.4 Å². The van der Waals surface area contributed by atoms with Gasteiger partial charge in [0.15, 0.2) is 0 Å². The Labute approximate surface area is 169 Å². The second-order valence-electron chi connectivity index (χ2n) is 8.86. The summed E-state index contributed by atoms with van der Waals surface area (Å²) in [7, 11) is 1.93. The molecule has 2 aliphatic heterocycles. The van der Waals surface area contributed by atoms with Crippen molar-refractivity contribution in [1.82, 2.24) is 29.5 Å². The van der Waals surface area contributed by atoms with Gasteiger partial charge in [0.05, 0.1) is 6.20 Å². The van der Waals surface area contributed by atoms with Crippen LogP contribution in [-0.4, -0.2) is 49.3 Å². The molecule has 0 radical (unpaired) electrons. The van der Waals surface area contributed by atoms with Gasteiger partial charge in [-0.1, -0.05) is 19.3 Å². The predicted molar refractivity (Wildman–Crippen MR) is 108 cm³/mol. The maximum Gasteiger partial charge on any atom is 0.285 e. The van der Waals surface area contributed by atoms with Gasteiger partial charge in [0.2, 0.25) is 0 Å². The molecule has 1 saturated heterocycles. The number of likely N-dealkylation sites (tertiary alicyclic amines) is 1. The van der Waals surface area contributed by atoms with Crippen LogP contribution in [0.2, 0.25) is 0 Å². The summed E-state index contributed by atoms with van der Waals surface area (Å²) in [6.45, 7) is 3.55. The van der Waals surface area contributed by atoms with Crippen LogP contribution in [0.5, 0.6) is 0 Å². The van der Waals surface area contributed by atoms with Crippen LogP contribution in [-0.2, 0) is 20.1 Å². The molecule has 1 N–H and O–H groups in total. The first kappa shape index (κ1) is 18.5. The highest BCUT2D eigenvalue weighted by atomic mass is 16.2. The Hall–Kier alpha value is -2.48. The second-order valence-corrected chi connectivity index (χ2v) is 8.86. The van der Waals surface area contributed by atoms with Gasteiger partial charge in [-0.2, -0.15) is 10.1 Å². The number of nitrogens with one attached hydrogen (secondary N) is 1. The van der Waals surface area contributed by atoms with Crippen molar-refractivity contribution in [2.75, 3.05) is 13.1 Å². The fraction of sp³-hybridized carbons (Fsp3) is 0.619. The fourth-order valence-electron chi connectivity index (χ4n) is 5.25. The molecule has 1 saturated carbocycles. The largest absolute Gasteiger partial charge is 0.349 e. The minimum atomic E-state index is -0.393. The lowest BCUT2D eigenvalue weighted by atomic mass is 9.95. The zero-order valence-electron chi connectivity index (χ0n) is 16.9. The monoisotopic (exact) mass is 396 g/mol. The number of hydrogen-bond acceptors (Lipinski definition) is 5. The molecule has 2 fully saturated rings. The summed E-state index contributed by atoms with van der Waals surface area (Å²) in [5.74, 6) is 1.27. The van der Waals surface area contributed by atoms with Gasteiger partial charge >= 0.3 is 0 Å². The lowest BCUT2D eigenvalue weighted by Crippen LogP contribution is -2.39. The molecule has 4 heterocycles. The van der Waals surface area contributed by atoms with Crippen LogP contribution in [0.25, 0.3) is 0 Å². The molecular formula is C21H28N6O2. The SMILES string of the molecule is Cn1cc(CN2C[C@H]3Cn4cc(C(=O)NC5CCCCC5)c(=O)nc4[C@@H]3C2)cn1. The van der Waals surface area contributed by atoms with Crippen LogP contribution in [0, 0.1) is 5.92 Å². The van der Waals surface area contributed by atoms with E-state index in [1.807, 2.05) is 28.7 Å². The van der Waals surface area contributed by atoms with Crippen molar-refractivity contribution < 1.29 is 4.79 Å². The maximum atomic E-state index is 12.7. The molecular weight excluding hydrogens is 368 g/mol. The van der Waals surface area contributed by atoms with Crippen LogP contribution < -0.4 is 10.9 Å². The number of aryl methyl sites for hydroxylation is 1. The number of carbonyl (C=O) groups excluding carboxylic acids is 1. The molecule has 2 aromatic rings. The van der Waals surface area contributed by atoms with Gasteiger partial charge in [0.25, 0.3) is 11.5 Å². The van der Waals surface area contributed by atoms with E-state index >= 15 is 0 Å². The van der Waals surface area contributed by atoms with E-state index in [1.54, 1.807) is 6.20 Å². The minimum Gasteiger partial charge on any atom is -0.349 e. The average Bonchev–Trinajstić information content (AvgIpc) is 3.37. The number of nitrogens with zero attached hydrogens (tertiary/aromatic N) is 5. The smallest absolute Gasteiger partial charge is 0.285 e. The highest BCUT2D eigenvalue weighted by Crippen LogP contribution is 2.38. The predicted octanol–water partition coefficient (Wildman–Crippen LogP) is 1.27. The highest BCUT2D eigenvalue weighted by Gasteiger charge is 2.41. The van der Waals surface area contributed by atoms with Crippen molar-refractivity contribution in [3.63, 3.8) is 0 Å². The first-order chi connectivity index (χ1) is 14.1. The third-order valence-electron chi connectivity index (χ3n) is 6.65. The molecule has 3 aliphatic rings. The van der Waals surface area contributed by atoms with Gasteiger partial charge < -0.3 is 9.88 Å². The van der Waals surface area contributed by atoms with Gasteiger partial charge in [-0.3, -0.25) is 19.2 Å². The maximum absolute atomic E-state index is 12.7. The Morgan fingerprint density at radius 3 is 2.76 bits per heavy atom. The summed E-state index contributed by atoms with van der Waals surface area (Å²) in [4.78, 5) is 32.0. The topological polar surface area (TPSA) is 85.0 Å². The molecule has 0 unspecified atom stereocenters. The molecule has 2 aromatic heterocycles. The van der Waals surface area contributed by atoms with Gasteiger partial charge in [-0.15, -0.1) is 0 Å². The van der Waals surface area contributed by atoms with E-state index < -0.39 is 5.56 Å². The zero-order valence-corrected chi connectivity index (χ0v) is 16.9. The van der Waals surface area contributed by atoms with Crippen molar-refractivity contribution in [1.29, 1.82) is 0 Å². The van der Waals surface area contributed by atoms with E-state index in [0.29, 0.717) is 5.92 Å². The first-order valence-corrected chi connectivity index (χ1v) is 10.7. The Morgan fingerprint density at radius 2 is 2.00 bits per heavy atom. The fourth-order valence-corrected chi connectivity index (χ4v) is 5.25. The van der Waals surface area contributed by atoms with Gasteiger partial charge in [0, 0.05) is 69.1 Å². The standard InChI is InChI=1S/C21H28N6O2/c1-25-8-14(7-22-25)9-26-10-15-11-27-13-18(21(29)24-19(27)17(15)12-26)20(28)23-16-5-3-2-4-6-16/h7-8,13,15-17H,2-6,9-12H2,1H3,(H,23,28)/t15-,17+/m0/s1. The molecule has 0 aromatic carbocycles. The molecule has 1 aliphatic carbocycles. The highest BCUT2D eigenvalue weighted by molar-refractivity contribution is 5.93. The Bertz CT molecular complexity index is 974. The molecule has 5 rings (SSSR count). The Kier molecular flexibility index (Phi) is 4.73. The summed E-state index contributed by atoms with van der Waals surface area (Å²) < 4.78 is 3.86. The number of hydrogen-bond donors (Lipinski definition) is 1. The lowest BCUT2D eigenvalue weighted by Gasteiger charge is -2.22. The minimum absolute atomic E-state index is 0.187. The summed E-state index contributed by atoms with van der Waals surface area (Å²) >= 11 is 0. The number of aromatic nitrogens is 4. The quantitative estimate of drug-likeness (QED) is 0.841. The van der Waals surface area contributed by atoms with Crippen LogP contribution in [0.3, 0.4) is 0 Å². The van der Waals surface area contributed by atoms with Crippen molar-refractivity contribution in [3.05, 3.63) is 45.9 Å². The van der Waals surface area contributed by atoms with E-state index in [1.165, 1.54) is 12.0 Å². The molecule has 8 nitrogen and oxygen atoms in total. The van der Waals surface area contributed by atoms with Gasteiger partial charge in [0.1, 0.15) is 11.4 Å². The van der Waals surface area contributed by atoms with E-state index in [-0.39, 0.29) is 23.4 Å². The van der Waals surface area contributed by atoms with Crippen molar-refractivity contribution >= 4 is 5.91 Å². The van der Waals surface area contributed by atoms with Crippen molar-refractivity contribution in [3.8, 4) is 0 Å². The number of amides is 1. The van der Waals surface area contributed by atoms with Crippen molar-refractivity contribution in [2.45, 2.75) is 57.2 Å².